The molecule has 38 heavy (non-hydrogen) atoms. The molecule has 7 rings (SSSR count). The number of aromatic nitrogens is 2. The predicted octanol–water partition coefficient (Wildman–Crippen LogP) is 9.18. The predicted molar refractivity (Wildman–Crippen MR) is 162 cm³/mol. The van der Waals surface area contributed by atoms with Crippen LogP contribution in [0, 0.1) is 0 Å². The first kappa shape index (κ1) is 23.5. The van der Waals surface area contributed by atoms with Crippen LogP contribution < -0.4 is 5.73 Å². The summed E-state index contributed by atoms with van der Waals surface area (Å²) in [6.07, 6.45) is 4.01. The van der Waals surface area contributed by atoms with E-state index in [9.17, 15) is 0 Å². The molecule has 1 aliphatic carbocycles. The zero-order valence-electron chi connectivity index (χ0n) is 21.9. The van der Waals surface area contributed by atoms with Crippen LogP contribution in [0.1, 0.15) is 56.8 Å². The fourth-order valence-corrected chi connectivity index (χ4v) is 7.37. The normalized spacial score (nSPS) is 19.0. The fourth-order valence-electron chi connectivity index (χ4n) is 6.20. The van der Waals surface area contributed by atoms with Gasteiger partial charge in [0.05, 0.1) is 26.7 Å². The van der Waals surface area contributed by atoms with Crippen molar-refractivity contribution in [3.63, 3.8) is 0 Å². The van der Waals surface area contributed by atoms with Crippen molar-refractivity contribution in [2.24, 2.45) is 5.73 Å². The largest absolute Gasteiger partial charge is 0.320 e. The van der Waals surface area contributed by atoms with Crippen LogP contribution in [0.4, 0.5) is 0 Å². The van der Waals surface area contributed by atoms with Gasteiger partial charge in [0.2, 0.25) is 0 Å². The molecule has 188 valence electrons. The summed E-state index contributed by atoms with van der Waals surface area (Å²) in [4.78, 5) is 13.2. The smallest absolute Gasteiger partial charge is 0.108 e. The van der Waals surface area contributed by atoms with Crippen LogP contribution in [-0.2, 0) is 5.54 Å². The van der Waals surface area contributed by atoms with Gasteiger partial charge in [-0.2, -0.15) is 0 Å². The first-order chi connectivity index (χ1) is 18.6. The molecule has 0 aliphatic heterocycles. The Kier molecular flexibility index (Phi) is 5.57. The van der Waals surface area contributed by atoms with E-state index in [4.69, 9.17) is 15.7 Å². The average molecular weight is 514 g/mol. The molecule has 2 unspecified atom stereocenters. The Morgan fingerprint density at radius 2 is 1.32 bits per heavy atom. The Balaban J connectivity index is 1.52. The van der Waals surface area contributed by atoms with Gasteiger partial charge in [0.25, 0.3) is 0 Å². The summed E-state index contributed by atoms with van der Waals surface area (Å²) < 4.78 is 0. The topological polar surface area (TPSA) is 51.8 Å². The zero-order chi connectivity index (χ0) is 25.9. The van der Waals surface area contributed by atoms with E-state index in [2.05, 4.69) is 98.8 Å². The molecule has 0 spiro atoms. The number of rotatable bonds is 5. The van der Waals surface area contributed by atoms with Gasteiger partial charge in [-0.05, 0) is 64.1 Å². The molecule has 0 saturated carbocycles. The molecule has 0 fully saturated rings. The quantitative estimate of drug-likeness (QED) is 0.250. The van der Waals surface area contributed by atoms with Crippen LogP contribution in [-0.4, -0.2) is 9.97 Å². The first-order valence-corrected chi connectivity index (χ1v) is 14.5. The lowest BCUT2D eigenvalue weighted by Gasteiger charge is -2.22. The van der Waals surface area contributed by atoms with Gasteiger partial charge in [-0.1, -0.05) is 93.1 Å². The lowest BCUT2D eigenvalue weighted by atomic mass is 9.91. The van der Waals surface area contributed by atoms with Crippen molar-refractivity contribution >= 4 is 43.9 Å². The van der Waals surface area contributed by atoms with Crippen LogP contribution in [0.25, 0.3) is 53.5 Å². The van der Waals surface area contributed by atoms with E-state index in [1.807, 2.05) is 0 Å². The maximum Gasteiger partial charge on any atom is 0.108 e. The highest BCUT2D eigenvalue weighted by molar-refractivity contribution is 7.20. The third-order valence-electron chi connectivity index (χ3n) is 8.32. The minimum absolute atomic E-state index is 0.366. The molecule has 6 aromatic rings. The third kappa shape index (κ3) is 3.66. The molecule has 2 atom stereocenters. The van der Waals surface area contributed by atoms with Crippen molar-refractivity contribution in [1.29, 1.82) is 0 Å². The summed E-state index contributed by atoms with van der Waals surface area (Å²) in [7, 11) is 0. The van der Waals surface area contributed by atoms with Crippen LogP contribution in [0.15, 0.2) is 84.9 Å². The molecule has 0 bridgehead atoms. The summed E-state index contributed by atoms with van der Waals surface area (Å²) in [6.45, 7) is 4.43. The van der Waals surface area contributed by atoms with E-state index in [1.165, 1.54) is 42.4 Å². The molecule has 1 aliphatic rings. The molecule has 2 aromatic heterocycles. The second kappa shape index (κ2) is 9.00. The van der Waals surface area contributed by atoms with Gasteiger partial charge >= 0.3 is 0 Å². The molecule has 3 nitrogen and oxygen atoms in total. The Morgan fingerprint density at radius 3 is 1.87 bits per heavy atom. The summed E-state index contributed by atoms with van der Waals surface area (Å²) in [5.74, 6) is 0.366. The van der Waals surface area contributed by atoms with Crippen molar-refractivity contribution in [3.8, 4) is 20.9 Å². The Labute approximate surface area is 227 Å². The van der Waals surface area contributed by atoms with Gasteiger partial charge in [-0.15, -0.1) is 11.3 Å². The average Bonchev–Trinajstić information content (AvgIpc) is 3.47. The van der Waals surface area contributed by atoms with Gasteiger partial charge in [0.15, 0.2) is 0 Å². The Morgan fingerprint density at radius 1 is 0.763 bits per heavy atom. The third-order valence-corrected chi connectivity index (χ3v) is 9.58. The van der Waals surface area contributed by atoms with E-state index < -0.39 is 5.54 Å². The van der Waals surface area contributed by atoms with Gasteiger partial charge < -0.3 is 5.73 Å². The van der Waals surface area contributed by atoms with Crippen LogP contribution in [0.2, 0.25) is 0 Å². The van der Waals surface area contributed by atoms with Crippen molar-refractivity contribution in [2.45, 2.75) is 51.0 Å². The monoisotopic (exact) mass is 513 g/mol. The number of nitrogens with two attached hydrogens (primary N) is 1. The number of nitrogens with zero attached hydrogens (tertiary/aromatic N) is 2. The number of thiophene rings is 1. The molecular formula is C34H31N3S. The SMILES string of the molecule is CCCC1CC(N)(CC)c2nc3c(-c4ccc5ccccc5c4)sc(-c4ccc5ccccc5c4)c3nc21. The number of fused-ring (bicyclic) bond motifs is 4. The van der Waals surface area contributed by atoms with Crippen molar-refractivity contribution in [2.75, 3.05) is 0 Å². The van der Waals surface area contributed by atoms with E-state index in [1.54, 1.807) is 11.3 Å². The van der Waals surface area contributed by atoms with Crippen molar-refractivity contribution in [1.82, 2.24) is 9.97 Å². The molecule has 0 saturated heterocycles. The second-order valence-corrected chi connectivity index (χ2v) is 11.8. The van der Waals surface area contributed by atoms with Crippen LogP contribution >= 0.6 is 11.3 Å². The van der Waals surface area contributed by atoms with E-state index in [-0.39, 0.29) is 0 Å². The minimum atomic E-state index is -0.415. The van der Waals surface area contributed by atoms with Gasteiger partial charge in [0.1, 0.15) is 11.0 Å². The molecule has 4 aromatic carbocycles. The highest BCUT2D eigenvalue weighted by Crippen LogP contribution is 2.49. The fraction of sp³-hybridized carbons (Fsp3) is 0.235. The Hall–Kier alpha value is -3.60. The number of hydrogen-bond donors (Lipinski definition) is 1. The molecule has 2 N–H and O–H groups in total. The molecule has 4 heteroatoms. The maximum absolute atomic E-state index is 7.03. The highest BCUT2D eigenvalue weighted by atomic mass is 32.1. The van der Waals surface area contributed by atoms with Gasteiger partial charge in [-0.3, -0.25) is 0 Å². The lowest BCUT2D eigenvalue weighted by Crippen LogP contribution is -2.34. The Bertz CT molecular complexity index is 1840. The number of hydrogen-bond acceptors (Lipinski definition) is 4. The zero-order valence-corrected chi connectivity index (χ0v) is 22.7. The molecule has 0 amide bonds. The highest BCUT2D eigenvalue weighted by Gasteiger charge is 2.42. The van der Waals surface area contributed by atoms with Crippen LogP contribution in [0.5, 0.6) is 0 Å². The van der Waals surface area contributed by atoms with E-state index in [0.29, 0.717) is 5.92 Å². The summed E-state index contributed by atoms with van der Waals surface area (Å²) >= 11 is 1.80. The molecular weight excluding hydrogens is 482 g/mol. The van der Waals surface area contributed by atoms with Crippen molar-refractivity contribution < 1.29 is 0 Å². The summed E-state index contributed by atoms with van der Waals surface area (Å²) in [5, 5.41) is 4.97. The maximum atomic E-state index is 7.03. The van der Waals surface area contributed by atoms with Gasteiger partial charge in [0, 0.05) is 5.92 Å². The standard InChI is InChI=1S/C34H31N3S/c1-3-9-27-20-34(35,4-2)33-28(27)36-29-30(37-33)32(26-17-15-22-11-6-8-13-24(22)19-26)38-31(29)25-16-14-21-10-5-7-12-23(21)18-25/h5-8,10-19,27H,3-4,9,20,35H2,1-2H3. The van der Waals surface area contributed by atoms with E-state index >= 15 is 0 Å². The summed E-state index contributed by atoms with van der Waals surface area (Å²) in [6, 6.07) is 30.5. The second-order valence-electron chi connectivity index (χ2n) is 10.7. The number of benzene rings is 4. The summed E-state index contributed by atoms with van der Waals surface area (Å²) in [5.41, 5.74) is 13.1. The van der Waals surface area contributed by atoms with Crippen molar-refractivity contribution in [3.05, 3.63) is 96.3 Å². The van der Waals surface area contributed by atoms with Crippen LogP contribution in [0.3, 0.4) is 0 Å². The lowest BCUT2D eigenvalue weighted by molar-refractivity contribution is 0.382. The molecule has 0 radical (unpaired) electrons. The van der Waals surface area contributed by atoms with Gasteiger partial charge in [-0.25, -0.2) is 9.97 Å². The first-order valence-electron chi connectivity index (χ1n) is 13.7. The molecule has 2 heterocycles. The minimum Gasteiger partial charge on any atom is -0.320 e. The van der Waals surface area contributed by atoms with E-state index in [0.717, 1.165) is 48.1 Å².